The summed E-state index contributed by atoms with van der Waals surface area (Å²) in [6, 6.07) is 0. The van der Waals surface area contributed by atoms with Crippen molar-refractivity contribution in [3.05, 3.63) is 23.0 Å². The Bertz CT molecular complexity index is 465. The first-order valence-corrected chi connectivity index (χ1v) is 7.70. The molecule has 5 nitrogen and oxygen atoms in total. The lowest BCUT2D eigenvalue weighted by atomic mass is 10.0. The monoisotopic (exact) mass is 295 g/mol. The van der Waals surface area contributed by atoms with Gasteiger partial charge in [0, 0.05) is 6.20 Å². The second-order valence-corrected chi connectivity index (χ2v) is 4.82. The molecule has 0 aliphatic heterocycles. The molecule has 0 aliphatic carbocycles. The quantitative estimate of drug-likeness (QED) is 0.559. The molecule has 118 valence electrons. The van der Waals surface area contributed by atoms with Crippen molar-refractivity contribution in [3.63, 3.8) is 0 Å². The van der Waals surface area contributed by atoms with Crippen molar-refractivity contribution in [1.29, 1.82) is 0 Å². The summed E-state index contributed by atoms with van der Waals surface area (Å²) in [5.74, 6) is -0.979. The highest BCUT2D eigenvalue weighted by Gasteiger charge is 2.24. The number of aromatic amines is 1. The molecule has 0 aliphatic rings. The number of esters is 2. The zero-order valence-electron chi connectivity index (χ0n) is 13.2. The predicted molar refractivity (Wildman–Crippen MR) is 80.6 cm³/mol. The van der Waals surface area contributed by atoms with Gasteiger partial charge in [0.1, 0.15) is 5.69 Å². The van der Waals surface area contributed by atoms with Crippen LogP contribution in [0.5, 0.6) is 0 Å². The highest BCUT2D eigenvalue weighted by atomic mass is 16.5. The first kappa shape index (κ1) is 17.3. The molecule has 1 aromatic heterocycles. The van der Waals surface area contributed by atoms with Crippen LogP contribution in [-0.4, -0.2) is 30.1 Å². The molecule has 0 fully saturated rings. The molecule has 0 saturated heterocycles. The van der Waals surface area contributed by atoms with Crippen LogP contribution in [0.2, 0.25) is 0 Å². The Kier molecular flexibility index (Phi) is 7.58. The number of unbranched alkanes of at least 4 members (excludes halogenated alkanes) is 3. The predicted octanol–water partition coefficient (Wildman–Crippen LogP) is 3.49. The number of aromatic nitrogens is 1. The van der Waals surface area contributed by atoms with Gasteiger partial charge in [0.2, 0.25) is 0 Å². The number of nitrogens with one attached hydrogen (secondary N) is 1. The Balaban J connectivity index is 2.91. The molecule has 0 radical (unpaired) electrons. The van der Waals surface area contributed by atoms with Gasteiger partial charge in [0.05, 0.1) is 18.8 Å². The molecule has 0 unspecified atom stereocenters. The minimum atomic E-state index is -0.514. The highest BCUT2D eigenvalue weighted by molar-refractivity contribution is 6.03. The van der Waals surface area contributed by atoms with Gasteiger partial charge in [-0.3, -0.25) is 0 Å². The summed E-state index contributed by atoms with van der Waals surface area (Å²) in [7, 11) is 0. The van der Waals surface area contributed by atoms with Crippen molar-refractivity contribution < 1.29 is 19.1 Å². The van der Waals surface area contributed by atoms with Crippen LogP contribution in [0.4, 0.5) is 0 Å². The van der Waals surface area contributed by atoms with Crippen LogP contribution >= 0.6 is 0 Å². The summed E-state index contributed by atoms with van der Waals surface area (Å²) in [4.78, 5) is 26.9. The van der Waals surface area contributed by atoms with Crippen LogP contribution in [0.1, 0.15) is 72.9 Å². The number of H-pyrrole nitrogens is 1. The summed E-state index contributed by atoms with van der Waals surface area (Å²) < 4.78 is 10.0. The van der Waals surface area contributed by atoms with Crippen molar-refractivity contribution in [1.82, 2.24) is 4.98 Å². The van der Waals surface area contributed by atoms with Gasteiger partial charge in [0.15, 0.2) is 0 Å². The fourth-order valence-corrected chi connectivity index (χ4v) is 2.20. The molecule has 0 bridgehead atoms. The normalized spacial score (nSPS) is 10.4. The van der Waals surface area contributed by atoms with Crippen molar-refractivity contribution in [2.75, 3.05) is 13.2 Å². The Labute approximate surface area is 126 Å². The number of hydrogen-bond acceptors (Lipinski definition) is 4. The van der Waals surface area contributed by atoms with Crippen molar-refractivity contribution in [3.8, 4) is 0 Å². The van der Waals surface area contributed by atoms with Crippen LogP contribution in [0.15, 0.2) is 6.20 Å². The third kappa shape index (κ3) is 4.92. The second-order valence-electron chi connectivity index (χ2n) is 4.82. The number of ether oxygens (including phenoxy) is 2. The smallest absolute Gasteiger partial charge is 0.355 e. The molecule has 1 rings (SSSR count). The van der Waals surface area contributed by atoms with Gasteiger partial charge in [-0.1, -0.05) is 26.2 Å². The maximum atomic E-state index is 12.1. The summed E-state index contributed by atoms with van der Waals surface area (Å²) in [5, 5.41) is 0. The molecule has 0 amide bonds. The molecule has 1 N–H and O–H groups in total. The van der Waals surface area contributed by atoms with Gasteiger partial charge in [-0.05, 0) is 32.3 Å². The number of aryl methyl sites for hydroxylation is 1. The van der Waals surface area contributed by atoms with Crippen LogP contribution < -0.4 is 0 Å². The third-order valence-electron chi connectivity index (χ3n) is 3.22. The molecule has 0 atom stereocenters. The van der Waals surface area contributed by atoms with E-state index >= 15 is 0 Å². The van der Waals surface area contributed by atoms with Crippen LogP contribution in [0, 0.1) is 0 Å². The van der Waals surface area contributed by atoms with E-state index in [4.69, 9.17) is 9.47 Å². The van der Waals surface area contributed by atoms with E-state index in [0.717, 1.165) is 31.2 Å². The zero-order chi connectivity index (χ0) is 15.7. The van der Waals surface area contributed by atoms with E-state index in [9.17, 15) is 9.59 Å². The van der Waals surface area contributed by atoms with Gasteiger partial charge in [-0.25, -0.2) is 9.59 Å². The minimum Gasteiger partial charge on any atom is -0.462 e. The summed E-state index contributed by atoms with van der Waals surface area (Å²) in [5.41, 5.74) is 1.35. The maximum Gasteiger partial charge on any atom is 0.355 e. The molecule has 5 heteroatoms. The zero-order valence-corrected chi connectivity index (χ0v) is 13.2. The molecule has 0 spiro atoms. The largest absolute Gasteiger partial charge is 0.462 e. The van der Waals surface area contributed by atoms with Crippen molar-refractivity contribution in [2.45, 2.75) is 52.9 Å². The molecule has 1 aromatic rings. The van der Waals surface area contributed by atoms with Gasteiger partial charge in [-0.2, -0.15) is 0 Å². The van der Waals surface area contributed by atoms with Crippen molar-refractivity contribution in [2.24, 2.45) is 0 Å². The van der Waals surface area contributed by atoms with E-state index in [1.807, 2.05) is 0 Å². The first-order chi connectivity index (χ1) is 10.2. The van der Waals surface area contributed by atoms with E-state index in [-0.39, 0.29) is 18.9 Å². The molecular weight excluding hydrogens is 270 g/mol. The molecule has 0 aromatic carbocycles. The van der Waals surface area contributed by atoms with Gasteiger partial charge >= 0.3 is 11.9 Å². The van der Waals surface area contributed by atoms with Crippen molar-refractivity contribution >= 4 is 11.9 Å². The van der Waals surface area contributed by atoms with E-state index in [1.165, 1.54) is 6.42 Å². The lowest BCUT2D eigenvalue weighted by Gasteiger charge is -2.07. The second kappa shape index (κ2) is 9.21. The molecule has 21 heavy (non-hydrogen) atoms. The lowest BCUT2D eigenvalue weighted by molar-refractivity contribution is 0.0475. The number of carbonyl (C=O) groups is 2. The topological polar surface area (TPSA) is 68.4 Å². The van der Waals surface area contributed by atoms with E-state index in [1.54, 1.807) is 20.0 Å². The minimum absolute atomic E-state index is 0.195. The van der Waals surface area contributed by atoms with E-state index < -0.39 is 11.9 Å². The average Bonchev–Trinajstić information content (AvgIpc) is 2.88. The summed E-state index contributed by atoms with van der Waals surface area (Å²) >= 11 is 0. The van der Waals surface area contributed by atoms with Gasteiger partial charge in [0.25, 0.3) is 0 Å². The fourth-order valence-electron chi connectivity index (χ4n) is 2.20. The summed E-state index contributed by atoms with van der Waals surface area (Å²) in [6.07, 6.45) is 6.89. The Hall–Kier alpha value is -1.78. The standard InChI is InChI=1S/C16H25NO4/c1-4-7-8-9-10-12-11-17-14(16(19)21-6-3)13(12)15(18)20-5-2/h11,17H,4-10H2,1-3H3. The SMILES string of the molecule is CCCCCCc1c[nH]c(C(=O)OCC)c1C(=O)OCC. The lowest BCUT2D eigenvalue weighted by Crippen LogP contribution is -2.14. The van der Waals surface area contributed by atoms with E-state index in [0.29, 0.717) is 5.56 Å². The van der Waals surface area contributed by atoms with Crippen LogP contribution in [0.25, 0.3) is 0 Å². The Morgan fingerprint density at radius 3 is 2.29 bits per heavy atom. The molecule has 0 saturated carbocycles. The Morgan fingerprint density at radius 2 is 1.67 bits per heavy atom. The van der Waals surface area contributed by atoms with Crippen LogP contribution in [-0.2, 0) is 15.9 Å². The fraction of sp³-hybridized carbons (Fsp3) is 0.625. The van der Waals surface area contributed by atoms with Gasteiger partial charge in [-0.15, -0.1) is 0 Å². The number of carbonyl (C=O) groups excluding carboxylic acids is 2. The van der Waals surface area contributed by atoms with Gasteiger partial charge < -0.3 is 14.5 Å². The van der Waals surface area contributed by atoms with Crippen LogP contribution in [0.3, 0.4) is 0 Å². The summed E-state index contributed by atoms with van der Waals surface area (Å²) in [6.45, 7) is 6.18. The average molecular weight is 295 g/mol. The highest BCUT2D eigenvalue weighted by Crippen LogP contribution is 2.19. The number of hydrogen-bond donors (Lipinski definition) is 1. The molecule has 1 heterocycles. The van der Waals surface area contributed by atoms with E-state index in [2.05, 4.69) is 11.9 Å². The molecular formula is C16H25NO4. The first-order valence-electron chi connectivity index (χ1n) is 7.70. The number of rotatable bonds is 9. The third-order valence-corrected chi connectivity index (χ3v) is 3.22. The maximum absolute atomic E-state index is 12.1. The Morgan fingerprint density at radius 1 is 1.00 bits per heavy atom.